The van der Waals surface area contributed by atoms with Crippen LogP contribution in [0.1, 0.15) is 54.4 Å². The van der Waals surface area contributed by atoms with Gasteiger partial charge in [-0.3, -0.25) is 9.69 Å². The average Bonchev–Trinajstić information content (AvgIpc) is 3.22. The van der Waals surface area contributed by atoms with E-state index in [0.717, 1.165) is 30.5 Å². The lowest BCUT2D eigenvalue weighted by Gasteiger charge is -2.32. The lowest BCUT2D eigenvalue weighted by atomic mass is 9.82. The maximum atomic E-state index is 12.7. The molecule has 4 rings (SSSR count). The molecule has 2 N–H and O–H groups in total. The zero-order valence-electron chi connectivity index (χ0n) is 15.3. The number of aryl methyl sites for hydroxylation is 1. The van der Waals surface area contributed by atoms with E-state index in [-0.39, 0.29) is 23.6 Å². The van der Waals surface area contributed by atoms with Gasteiger partial charge in [-0.2, -0.15) is 0 Å². The average molecular weight is 357 g/mol. The molecule has 3 amide bonds. The Bertz CT molecular complexity index is 712. The molecule has 3 aliphatic rings. The maximum Gasteiger partial charge on any atom is 0.322 e. The van der Waals surface area contributed by atoms with Gasteiger partial charge in [-0.1, -0.05) is 25.3 Å². The largest absolute Gasteiger partial charge is 0.373 e. The molecule has 1 aliphatic carbocycles. The van der Waals surface area contributed by atoms with Gasteiger partial charge in [-0.05, 0) is 43.9 Å². The fraction of sp³-hybridized carbons (Fsp3) is 0.600. The first kappa shape index (κ1) is 17.3. The lowest BCUT2D eigenvalue weighted by Crippen LogP contribution is -2.37. The molecule has 1 spiro atoms. The van der Waals surface area contributed by atoms with Crippen LogP contribution < -0.4 is 15.5 Å². The van der Waals surface area contributed by atoms with Crippen LogP contribution in [0.3, 0.4) is 0 Å². The summed E-state index contributed by atoms with van der Waals surface area (Å²) in [6, 6.07) is 5.52. The molecule has 1 aromatic carbocycles. The second-order valence-electron chi connectivity index (χ2n) is 7.81. The molecule has 6 heteroatoms. The van der Waals surface area contributed by atoms with Crippen molar-refractivity contribution < 1.29 is 14.3 Å². The van der Waals surface area contributed by atoms with Crippen molar-refractivity contribution >= 4 is 17.6 Å². The van der Waals surface area contributed by atoms with E-state index in [4.69, 9.17) is 4.74 Å². The molecule has 1 atom stereocenters. The number of amides is 3. The third kappa shape index (κ3) is 3.30. The fourth-order valence-corrected chi connectivity index (χ4v) is 4.49. The van der Waals surface area contributed by atoms with Crippen LogP contribution in [0.25, 0.3) is 0 Å². The molecular formula is C20H27N3O3. The van der Waals surface area contributed by atoms with Crippen LogP contribution in [0.4, 0.5) is 10.5 Å². The van der Waals surface area contributed by atoms with E-state index in [2.05, 4.69) is 10.6 Å². The van der Waals surface area contributed by atoms with Crippen molar-refractivity contribution in [2.75, 3.05) is 24.6 Å². The van der Waals surface area contributed by atoms with Crippen LogP contribution >= 0.6 is 0 Å². The minimum atomic E-state index is -0.103. The molecule has 140 valence electrons. The smallest absolute Gasteiger partial charge is 0.322 e. The molecule has 0 aromatic heterocycles. The van der Waals surface area contributed by atoms with Crippen molar-refractivity contribution in [3.05, 3.63) is 29.3 Å². The molecule has 1 unspecified atom stereocenters. The number of hydrogen-bond donors (Lipinski definition) is 2. The van der Waals surface area contributed by atoms with Gasteiger partial charge in [-0.25, -0.2) is 4.79 Å². The van der Waals surface area contributed by atoms with Crippen molar-refractivity contribution in [1.82, 2.24) is 10.6 Å². The highest BCUT2D eigenvalue weighted by Gasteiger charge is 2.41. The van der Waals surface area contributed by atoms with Gasteiger partial charge < -0.3 is 15.4 Å². The van der Waals surface area contributed by atoms with Gasteiger partial charge in [0.25, 0.3) is 5.91 Å². The molecule has 0 radical (unpaired) electrons. The van der Waals surface area contributed by atoms with Gasteiger partial charge in [0.05, 0.1) is 18.2 Å². The third-order valence-electron chi connectivity index (χ3n) is 5.93. The van der Waals surface area contributed by atoms with E-state index in [1.807, 2.05) is 25.1 Å². The van der Waals surface area contributed by atoms with Crippen LogP contribution in [0, 0.1) is 6.92 Å². The van der Waals surface area contributed by atoms with Crippen molar-refractivity contribution in [3.8, 4) is 0 Å². The highest BCUT2D eigenvalue weighted by Crippen LogP contribution is 2.39. The minimum Gasteiger partial charge on any atom is -0.373 e. The second kappa shape index (κ2) is 6.91. The van der Waals surface area contributed by atoms with Gasteiger partial charge in [0.1, 0.15) is 0 Å². The number of benzene rings is 1. The summed E-state index contributed by atoms with van der Waals surface area (Å²) in [7, 11) is 0. The lowest BCUT2D eigenvalue weighted by molar-refractivity contribution is -0.0246. The topological polar surface area (TPSA) is 70.7 Å². The first-order valence-electron chi connectivity index (χ1n) is 9.67. The van der Waals surface area contributed by atoms with Crippen LogP contribution in [0.2, 0.25) is 0 Å². The Balaban J connectivity index is 1.44. The van der Waals surface area contributed by atoms with Gasteiger partial charge in [0.2, 0.25) is 0 Å². The van der Waals surface area contributed by atoms with Crippen LogP contribution in [-0.2, 0) is 4.74 Å². The van der Waals surface area contributed by atoms with Crippen molar-refractivity contribution in [3.63, 3.8) is 0 Å². The first-order chi connectivity index (χ1) is 12.6. The highest BCUT2D eigenvalue weighted by molar-refractivity contribution is 5.99. The number of urea groups is 1. The zero-order valence-corrected chi connectivity index (χ0v) is 15.3. The monoisotopic (exact) mass is 357 g/mol. The fourth-order valence-electron chi connectivity index (χ4n) is 4.49. The molecule has 3 fully saturated rings. The summed E-state index contributed by atoms with van der Waals surface area (Å²) < 4.78 is 6.09. The summed E-state index contributed by atoms with van der Waals surface area (Å²) in [6.45, 7) is 3.82. The SMILES string of the molecule is Cc1ccc(C(=O)NC2COC3(CCCCC3)C2)cc1N1CCNC1=O. The highest BCUT2D eigenvalue weighted by atomic mass is 16.5. The van der Waals surface area contributed by atoms with E-state index in [1.54, 1.807) is 4.90 Å². The van der Waals surface area contributed by atoms with Gasteiger partial charge in [-0.15, -0.1) is 0 Å². The van der Waals surface area contributed by atoms with Gasteiger partial charge in [0.15, 0.2) is 0 Å². The Kier molecular flexibility index (Phi) is 4.61. The van der Waals surface area contributed by atoms with E-state index in [9.17, 15) is 9.59 Å². The Labute approximate surface area is 154 Å². The van der Waals surface area contributed by atoms with Crippen LogP contribution in [-0.4, -0.2) is 43.3 Å². The first-order valence-corrected chi connectivity index (χ1v) is 9.67. The summed E-state index contributed by atoms with van der Waals surface area (Å²) in [4.78, 5) is 26.4. The number of anilines is 1. The number of carbonyl (C=O) groups excluding carboxylic acids is 2. The summed E-state index contributed by atoms with van der Waals surface area (Å²) >= 11 is 0. The Morgan fingerprint density at radius 2 is 2.12 bits per heavy atom. The van der Waals surface area contributed by atoms with Gasteiger partial charge in [0, 0.05) is 24.3 Å². The van der Waals surface area contributed by atoms with Crippen molar-refractivity contribution in [2.45, 2.75) is 57.1 Å². The van der Waals surface area contributed by atoms with Crippen LogP contribution in [0.5, 0.6) is 0 Å². The van der Waals surface area contributed by atoms with E-state index in [1.165, 1.54) is 19.3 Å². The molecule has 6 nitrogen and oxygen atoms in total. The number of nitrogens with zero attached hydrogens (tertiary/aromatic N) is 1. The molecular weight excluding hydrogens is 330 g/mol. The third-order valence-corrected chi connectivity index (χ3v) is 5.93. The van der Waals surface area contributed by atoms with E-state index in [0.29, 0.717) is 25.3 Å². The van der Waals surface area contributed by atoms with Gasteiger partial charge >= 0.3 is 6.03 Å². The molecule has 0 bridgehead atoms. The summed E-state index contributed by atoms with van der Waals surface area (Å²) in [6.07, 6.45) is 6.86. The molecule has 1 saturated carbocycles. The Hall–Kier alpha value is -2.08. The number of nitrogens with one attached hydrogen (secondary N) is 2. The Morgan fingerprint density at radius 3 is 2.85 bits per heavy atom. The molecule has 2 saturated heterocycles. The predicted molar refractivity (Wildman–Crippen MR) is 99.6 cm³/mol. The standard InChI is InChI=1S/C20H27N3O3/c1-14-5-6-15(11-17(14)23-10-9-21-19(23)25)18(24)22-16-12-20(26-13-16)7-3-2-4-8-20/h5-6,11,16H,2-4,7-10,12-13H2,1H3,(H,21,25)(H,22,24). The summed E-state index contributed by atoms with van der Waals surface area (Å²) in [5, 5.41) is 5.94. The predicted octanol–water partition coefficient (Wildman–Crippen LogP) is 2.75. The van der Waals surface area contributed by atoms with Crippen molar-refractivity contribution in [1.29, 1.82) is 0 Å². The molecule has 2 aliphatic heterocycles. The van der Waals surface area contributed by atoms with E-state index >= 15 is 0 Å². The van der Waals surface area contributed by atoms with Crippen molar-refractivity contribution in [2.24, 2.45) is 0 Å². The summed E-state index contributed by atoms with van der Waals surface area (Å²) in [5.41, 5.74) is 2.38. The number of carbonyl (C=O) groups is 2. The molecule has 26 heavy (non-hydrogen) atoms. The number of rotatable bonds is 3. The molecule has 2 heterocycles. The maximum absolute atomic E-state index is 12.7. The zero-order chi connectivity index (χ0) is 18.1. The quantitative estimate of drug-likeness (QED) is 0.874. The van der Waals surface area contributed by atoms with Crippen LogP contribution in [0.15, 0.2) is 18.2 Å². The minimum absolute atomic E-state index is 0.0116. The number of hydrogen-bond acceptors (Lipinski definition) is 3. The Morgan fingerprint density at radius 1 is 1.31 bits per heavy atom. The summed E-state index contributed by atoms with van der Waals surface area (Å²) in [5.74, 6) is -0.0904. The molecule has 1 aromatic rings. The second-order valence-corrected chi connectivity index (χ2v) is 7.81. The normalized spacial score (nSPS) is 24.7. The number of ether oxygens (including phenoxy) is 1. The van der Waals surface area contributed by atoms with E-state index < -0.39 is 0 Å².